The smallest absolute Gasteiger partial charge is 0.342 e. The van der Waals surface area contributed by atoms with Crippen molar-refractivity contribution in [3.63, 3.8) is 0 Å². The van der Waals surface area contributed by atoms with Gasteiger partial charge < -0.3 is 44.6 Å². The van der Waals surface area contributed by atoms with Crippen LogP contribution in [0.15, 0.2) is 42.5 Å². The summed E-state index contributed by atoms with van der Waals surface area (Å²) >= 11 is 0. The number of carboxylic acids is 2. The van der Waals surface area contributed by atoms with E-state index in [0.717, 1.165) is 5.56 Å². The van der Waals surface area contributed by atoms with E-state index in [1.807, 2.05) is 37.3 Å². The molecule has 2 aliphatic rings. The molecule has 5 N–H and O–H groups in total. The summed E-state index contributed by atoms with van der Waals surface area (Å²) in [6, 6.07) is 9.52. The number of carbonyl (C=O) groups is 3. The minimum atomic E-state index is -3.25. The lowest BCUT2D eigenvalue weighted by Gasteiger charge is -2.50. The Kier molecular flexibility index (Phi) is 8.90. The number of aliphatic hydroxyl groups is 3. The molecule has 2 unspecified atom stereocenters. The van der Waals surface area contributed by atoms with Crippen molar-refractivity contribution < 1.29 is 54.1 Å². The molecule has 216 valence electrons. The molecule has 12 nitrogen and oxygen atoms in total. The number of aliphatic hydroxyl groups excluding tert-OH is 2. The Morgan fingerprint density at radius 1 is 1.10 bits per heavy atom. The van der Waals surface area contributed by atoms with Crippen molar-refractivity contribution >= 4 is 17.9 Å². The second-order valence-electron chi connectivity index (χ2n) is 10.6. The maximum Gasteiger partial charge on any atom is 0.342 e. The quantitative estimate of drug-likeness (QED) is 0.176. The normalized spacial score (nSPS) is 33.4. The predicted octanol–water partition coefficient (Wildman–Crippen LogP) is 0.181. The highest BCUT2D eigenvalue weighted by Crippen LogP contribution is 2.54. The molecule has 1 aromatic rings. The fourth-order valence-electron chi connectivity index (χ4n) is 5.56. The highest BCUT2D eigenvalue weighted by molar-refractivity contribution is 5.93. The molecule has 2 aliphatic heterocycles. The Hall–Kier alpha value is -2.87. The Bertz CT molecular complexity index is 1090. The first-order chi connectivity index (χ1) is 18.1. The Labute approximate surface area is 226 Å². The van der Waals surface area contributed by atoms with Gasteiger partial charge in [-0.1, -0.05) is 43.8 Å². The molecule has 0 spiro atoms. The summed E-state index contributed by atoms with van der Waals surface area (Å²) in [5.41, 5.74) is -4.96. The molecular formula is C27H37NO11. The molecule has 0 aliphatic carbocycles. The maximum absolute atomic E-state index is 12.5. The van der Waals surface area contributed by atoms with Gasteiger partial charge in [-0.15, -0.1) is 0 Å². The zero-order chi connectivity index (χ0) is 29.3. The number of fused-ring (bicyclic) bond motifs is 2. The third-order valence-corrected chi connectivity index (χ3v) is 7.46. The van der Waals surface area contributed by atoms with Gasteiger partial charge in [-0.25, -0.2) is 9.59 Å². The number of aliphatic carboxylic acids is 2. The average Bonchev–Trinajstić information content (AvgIpc) is 3.05. The van der Waals surface area contributed by atoms with Crippen molar-refractivity contribution in [2.24, 2.45) is 5.92 Å². The van der Waals surface area contributed by atoms with Crippen molar-refractivity contribution in [2.45, 2.75) is 74.5 Å². The Balaban J connectivity index is 1.93. The molecule has 1 aromatic carbocycles. The van der Waals surface area contributed by atoms with Crippen LogP contribution < -0.4 is 0 Å². The first-order valence-electron chi connectivity index (χ1n) is 12.6. The molecule has 2 saturated heterocycles. The second kappa shape index (κ2) is 11.3. The number of likely N-dealkylation sites (N-methyl/N-ethyl adjacent to an activating group) is 1. The largest absolute Gasteiger partial charge is 0.479 e. The van der Waals surface area contributed by atoms with Crippen LogP contribution in [0.5, 0.6) is 0 Å². The summed E-state index contributed by atoms with van der Waals surface area (Å²) in [5, 5.41) is 53.1. The molecule has 12 heteroatoms. The van der Waals surface area contributed by atoms with Gasteiger partial charge in [-0.05, 0) is 38.1 Å². The second-order valence-corrected chi connectivity index (χ2v) is 10.6. The van der Waals surface area contributed by atoms with Gasteiger partial charge in [0.2, 0.25) is 11.2 Å². The van der Waals surface area contributed by atoms with Gasteiger partial charge in [-0.3, -0.25) is 4.79 Å². The Morgan fingerprint density at radius 3 is 2.23 bits per heavy atom. The zero-order valence-electron chi connectivity index (χ0n) is 22.4. The lowest BCUT2D eigenvalue weighted by atomic mass is 9.74. The summed E-state index contributed by atoms with van der Waals surface area (Å²) in [5.74, 6) is -6.92. The SMILES string of the molecule is C=C(CC[C@]12O[C@H](CN(C)C)[C@@](O)(C(=O)O)[C@](C(=O)O)(O1)[C@H](O)[C@H]2O)C(OC(C)=O)C(C)Cc1ccccc1. The lowest BCUT2D eigenvalue weighted by Crippen LogP contribution is -2.77. The summed E-state index contributed by atoms with van der Waals surface area (Å²) in [7, 11) is 3.10. The van der Waals surface area contributed by atoms with Gasteiger partial charge in [0.1, 0.15) is 24.4 Å². The number of carbonyl (C=O) groups excluding carboxylic acids is 1. The van der Waals surface area contributed by atoms with Crippen LogP contribution in [0.2, 0.25) is 0 Å². The van der Waals surface area contributed by atoms with Gasteiger partial charge in [0.05, 0.1) is 0 Å². The van der Waals surface area contributed by atoms with Crippen LogP contribution in [0.4, 0.5) is 0 Å². The van der Waals surface area contributed by atoms with Crippen molar-refractivity contribution in [1.82, 2.24) is 4.90 Å². The standard InChI is InChI=1S/C27H37NO11/c1-15(20(37-17(3)29)16(2)13-18-9-7-6-8-10-18)11-12-25-21(30)22(31)27(39-25,24(34)35)26(36,23(32)33)19(38-25)14-28(4)5/h6-10,16,19-22,30-31,36H,1,11-14H2,2-5H3,(H,32,33)(H,34,35)/t16?,19-,20?,21-,22-,25+,26-,27+/m1/s1. The fraction of sp³-hybridized carbons (Fsp3) is 0.593. The summed E-state index contributed by atoms with van der Waals surface area (Å²) in [4.78, 5) is 38.1. The highest BCUT2D eigenvalue weighted by Gasteiger charge is 2.83. The predicted molar refractivity (Wildman–Crippen MR) is 135 cm³/mol. The van der Waals surface area contributed by atoms with E-state index in [0.29, 0.717) is 12.0 Å². The third kappa shape index (κ3) is 5.32. The lowest BCUT2D eigenvalue weighted by molar-refractivity contribution is -0.380. The first kappa shape index (κ1) is 30.7. The van der Waals surface area contributed by atoms with E-state index in [-0.39, 0.29) is 25.3 Å². The van der Waals surface area contributed by atoms with E-state index in [9.17, 15) is 39.9 Å². The minimum absolute atomic E-state index is 0.0171. The fourth-order valence-corrected chi connectivity index (χ4v) is 5.56. The summed E-state index contributed by atoms with van der Waals surface area (Å²) in [6.45, 7) is 6.92. The van der Waals surface area contributed by atoms with Gasteiger partial charge in [0, 0.05) is 25.8 Å². The average molecular weight is 552 g/mol. The van der Waals surface area contributed by atoms with E-state index in [2.05, 4.69) is 6.58 Å². The van der Waals surface area contributed by atoms with Gasteiger partial charge in [-0.2, -0.15) is 0 Å². The van der Waals surface area contributed by atoms with Crippen molar-refractivity contribution in [3.05, 3.63) is 48.0 Å². The number of benzene rings is 1. The van der Waals surface area contributed by atoms with Crippen LogP contribution in [0.1, 0.15) is 32.3 Å². The van der Waals surface area contributed by atoms with Crippen LogP contribution in [0.25, 0.3) is 0 Å². The molecule has 2 heterocycles. The third-order valence-electron chi connectivity index (χ3n) is 7.46. The van der Waals surface area contributed by atoms with Gasteiger partial charge in [0.25, 0.3) is 0 Å². The molecule has 39 heavy (non-hydrogen) atoms. The summed E-state index contributed by atoms with van der Waals surface area (Å²) in [6.07, 6.45) is -6.60. The topological polar surface area (TPSA) is 183 Å². The number of hydrogen-bond donors (Lipinski definition) is 5. The maximum atomic E-state index is 12.5. The number of nitrogens with zero attached hydrogens (tertiary/aromatic N) is 1. The summed E-state index contributed by atoms with van der Waals surface area (Å²) < 4.78 is 17.0. The van der Waals surface area contributed by atoms with E-state index in [4.69, 9.17) is 14.2 Å². The van der Waals surface area contributed by atoms with Gasteiger partial charge >= 0.3 is 17.9 Å². The zero-order valence-corrected chi connectivity index (χ0v) is 22.4. The molecule has 2 bridgehead atoms. The number of rotatable bonds is 12. The number of hydrogen-bond acceptors (Lipinski definition) is 10. The van der Waals surface area contributed by atoms with Crippen LogP contribution in [-0.4, -0.2) is 110 Å². The molecule has 3 rings (SSSR count). The highest BCUT2D eigenvalue weighted by atomic mass is 16.8. The van der Waals surface area contributed by atoms with Crippen molar-refractivity contribution in [3.8, 4) is 0 Å². The van der Waals surface area contributed by atoms with Crippen LogP contribution in [0, 0.1) is 5.92 Å². The first-order valence-corrected chi connectivity index (χ1v) is 12.6. The number of carboxylic acid groups (broad SMARTS) is 2. The number of ether oxygens (including phenoxy) is 3. The molecule has 0 radical (unpaired) electrons. The van der Waals surface area contributed by atoms with Crippen LogP contribution in [0.3, 0.4) is 0 Å². The van der Waals surface area contributed by atoms with Crippen molar-refractivity contribution in [1.29, 1.82) is 0 Å². The van der Waals surface area contributed by atoms with Gasteiger partial charge in [0.15, 0.2) is 5.79 Å². The molecule has 2 fully saturated rings. The minimum Gasteiger partial charge on any atom is -0.479 e. The molecule has 8 atom stereocenters. The van der Waals surface area contributed by atoms with E-state index in [1.54, 1.807) is 14.1 Å². The Morgan fingerprint density at radius 2 is 1.72 bits per heavy atom. The van der Waals surface area contributed by atoms with Crippen LogP contribution in [-0.2, 0) is 35.0 Å². The van der Waals surface area contributed by atoms with E-state index >= 15 is 0 Å². The van der Waals surface area contributed by atoms with E-state index < -0.39 is 59.3 Å². The number of esters is 1. The molecule has 0 amide bonds. The van der Waals surface area contributed by atoms with Crippen LogP contribution >= 0.6 is 0 Å². The van der Waals surface area contributed by atoms with E-state index in [1.165, 1.54) is 11.8 Å². The van der Waals surface area contributed by atoms with Crippen molar-refractivity contribution in [2.75, 3.05) is 20.6 Å². The monoisotopic (exact) mass is 551 g/mol. The molecule has 0 aromatic heterocycles. The molecule has 0 saturated carbocycles. The molecular weight excluding hydrogens is 514 g/mol.